The molecule has 0 fully saturated rings. The van der Waals surface area contributed by atoms with Crippen LogP contribution in [0.1, 0.15) is 22.8 Å². The number of hydrogen-bond acceptors (Lipinski definition) is 2. The van der Waals surface area contributed by atoms with Gasteiger partial charge in [0.2, 0.25) is 0 Å². The lowest BCUT2D eigenvalue weighted by Gasteiger charge is -2.11. The highest BCUT2D eigenvalue weighted by atomic mass is 16.5. The maximum Gasteiger partial charge on any atom is 0.277 e. The van der Waals surface area contributed by atoms with Crippen molar-refractivity contribution in [3.05, 3.63) is 41.8 Å². The smallest absolute Gasteiger partial charge is 0.277 e. The summed E-state index contributed by atoms with van der Waals surface area (Å²) in [6.45, 7) is 1.93. The van der Waals surface area contributed by atoms with Gasteiger partial charge in [0.15, 0.2) is 0 Å². The number of hydroxylamine groups is 2. The first-order valence-electron chi connectivity index (χ1n) is 4.22. The molecule has 1 amide bonds. The van der Waals surface area contributed by atoms with Crippen molar-refractivity contribution in [2.45, 2.75) is 6.92 Å². The lowest BCUT2D eigenvalue weighted by atomic mass is 10.1. The lowest BCUT2D eigenvalue weighted by molar-refractivity contribution is -0.0541. The Morgan fingerprint density at radius 3 is 2.50 bits per heavy atom. The Labute approximate surface area is 82.9 Å². The number of amides is 1. The first-order chi connectivity index (χ1) is 6.69. The van der Waals surface area contributed by atoms with Crippen molar-refractivity contribution in [3.8, 4) is 5.92 Å². The van der Waals surface area contributed by atoms with Crippen LogP contribution in [-0.4, -0.2) is 22.7 Å². The van der Waals surface area contributed by atoms with E-state index in [9.17, 15) is 4.79 Å². The van der Waals surface area contributed by atoms with Crippen LogP contribution in [0.5, 0.6) is 0 Å². The van der Waals surface area contributed by atoms with Crippen LogP contribution in [0.3, 0.4) is 0 Å². The van der Waals surface area contributed by atoms with Gasteiger partial charge < -0.3 is 0 Å². The molecule has 0 aliphatic heterocycles. The topological polar surface area (TPSA) is 40.5 Å². The zero-order valence-corrected chi connectivity index (χ0v) is 7.82. The number of carbonyl (C=O) groups is 1. The summed E-state index contributed by atoms with van der Waals surface area (Å²) in [7, 11) is 0. The van der Waals surface area contributed by atoms with Crippen molar-refractivity contribution < 1.29 is 10.0 Å². The summed E-state index contributed by atoms with van der Waals surface area (Å²) in [5, 5.41) is 9.78. The van der Waals surface area contributed by atoms with Crippen LogP contribution in [0.25, 0.3) is 0 Å². The molecular weight excluding hydrogens is 178 g/mol. The summed E-state index contributed by atoms with van der Waals surface area (Å²) in [6.07, 6.45) is 6.85. The first-order valence-corrected chi connectivity index (χ1v) is 4.22. The fraction of sp³-hybridized carbons (Fsp3) is 0.182. The summed E-state index contributed by atoms with van der Waals surface area (Å²) in [6, 6.07) is 6.31. The summed E-state index contributed by atoms with van der Waals surface area (Å²) in [5.41, 5.74) is 0.996. The van der Waals surface area contributed by atoms with Crippen molar-refractivity contribution >= 4 is 5.91 Å². The van der Waals surface area contributed by atoms with Gasteiger partial charge in [0.1, 0.15) is 0 Å². The zero-order chi connectivity index (χ0) is 10.6. The molecule has 0 saturated heterocycles. The summed E-state index contributed by atoms with van der Waals surface area (Å²) in [4.78, 5) is 11.4. The van der Waals surface area contributed by atoms with E-state index in [2.05, 4.69) is 5.92 Å². The number of nitrogens with zero attached hydrogens (tertiary/aromatic N) is 1. The third-order valence-electron chi connectivity index (χ3n) is 1.81. The van der Waals surface area contributed by atoms with E-state index in [-0.39, 0.29) is 6.54 Å². The van der Waals surface area contributed by atoms with Gasteiger partial charge in [-0.25, -0.2) is 5.06 Å². The van der Waals surface area contributed by atoms with Gasteiger partial charge in [-0.3, -0.25) is 10.0 Å². The Bertz CT molecular complexity index is 362. The predicted molar refractivity (Wildman–Crippen MR) is 51.2 cm³/mol. The Hall–Kier alpha value is -1.79. The monoisotopic (exact) mass is 188 g/mol. The largest absolute Gasteiger partial charge is 0.286 e. The van der Waals surface area contributed by atoms with Gasteiger partial charge in [-0.15, -0.1) is 0 Å². The molecule has 14 heavy (non-hydrogen) atoms. The molecule has 1 aromatic rings. The molecule has 0 saturated carbocycles. The molecule has 0 bridgehead atoms. The van der Waals surface area contributed by atoms with Crippen LogP contribution in [0, 0.1) is 12.3 Å². The number of hydrogen-bond donors (Lipinski definition) is 1. The van der Waals surface area contributed by atoms with E-state index >= 15 is 0 Å². The molecule has 0 aliphatic carbocycles. The molecule has 1 rings (SSSR count). The van der Waals surface area contributed by atoms with Gasteiger partial charge in [0, 0.05) is 17.7 Å². The second kappa shape index (κ2) is 4.45. The summed E-state index contributed by atoms with van der Waals surface area (Å²) >= 11 is 0. The van der Waals surface area contributed by atoms with E-state index in [0.29, 0.717) is 16.2 Å². The van der Waals surface area contributed by atoms with Gasteiger partial charge in [-0.1, -0.05) is 5.92 Å². The molecule has 1 aromatic carbocycles. The van der Waals surface area contributed by atoms with Gasteiger partial charge in [0.25, 0.3) is 5.91 Å². The maximum absolute atomic E-state index is 11.4. The molecule has 1 radical (unpaired) electrons. The third kappa shape index (κ3) is 2.12. The van der Waals surface area contributed by atoms with Gasteiger partial charge in [-0.05, 0) is 37.6 Å². The normalized spacial score (nSPS) is 9.21. The minimum atomic E-state index is -0.441. The van der Waals surface area contributed by atoms with E-state index in [0.717, 1.165) is 0 Å². The average molecular weight is 188 g/mol. The first kappa shape index (κ1) is 10.3. The zero-order valence-electron chi connectivity index (χ0n) is 7.82. The standard InChI is InChI=1S/C11H10NO2/c1-3-9-5-7-10(8-6-9)11(13)12(14)4-2/h5-8,14H,4H2,2H3. The van der Waals surface area contributed by atoms with E-state index in [1.54, 1.807) is 31.2 Å². The highest BCUT2D eigenvalue weighted by Gasteiger charge is 2.10. The fourth-order valence-electron chi connectivity index (χ4n) is 0.989. The van der Waals surface area contributed by atoms with Crippen LogP contribution in [0.2, 0.25) is 0 Å². The molecule has 0 heterocycles. The van der Waals surface area contributed by atoms with Gasteiger partial charge >= 0.3 is 0 Å². The number of rotatable bonds is 2. The number of carbonyl (C=O) groups excluding carboxylic acids is 1. The molecule has 3 heteroatoms. The summed E-state index contributed by atoms with van der Waals surface area (Å²) in [5.74, 6) is 1.76. The molecule has 1 N–H and O–H groups in total. The Kier molecular flexibility index (Phi) is 3.27. The second-order valence-corrected chi connectivity index (χ2v) is 2.72. The van der Waals surface area contributed by atoms with Crippen molar-refractivity contribution in [1.82, 2.24) is 5.06 Å². The third-order valence-corrected chi connectivity index (χ3v) is 1.81. The van der Waals surface area contributed by atoms with E-state index in [4.69, 9.17) is 11.6 Å². The van der Waals surface area contributed by atoms with Crippen molar-refractivity contribution in [3.63, 3.8) is 0 Å². The fourth-order valence-corrected chi connectivity index (χ4v) is 0.989. The predicted octanol–water partition coefficient (Wildman–Crippen LogP) is 1.48. The SMILES string of the molecule is [C]#Cc1ccc(C(=O)N(O)CC)cc1. The second-order valence-electron chi connectivity index (χ2n) is 2.72. The van der Waals surface area contributed by atoms with Crippen LogP contribution >= 0.6 is 0 Å². The molecule has 71 valence electrons. The average Bonchev–Trinajstić information content (AvgIpc) is 2.27. The highest BCUT2D eigenvalue weighted by molar-refractivity contribution is 5.93. The molecule has 0 atom stereocenters. The van der Waals surface area contributed by atoms with Crippen LogP contribution in [0.15, 0.2) is 24.3 Å². The Morgan fingerprint density at radius 2 is 2.07 bits per heavy atom. The van der Waals surface area contributed by atoms with E-state index in [1.807, 2.05) is 0 Å². The summed E-state index contributed by atoms with van der Waals surface area (Å²) < 4.78 is 0. The van der Waals surface area contributed by atoms with Crippen molar-refractivity contribution in [2.75, 3.05) is 6.54 Å². The van der Waals surface area contributed by atoms with Gasteiger partial charge in [0.05, 0.1) is 0 Å². The molecule has 0 aromatic heterocycles. The Balaban J connectivity index is 2.88. The Morgan fingerprint density at radius 1 is 1.50 bits per heavy atom. The highest BCUT2D eigenvalue weighted by Crippen LogP contribution is 2.05. The van der Waals surface area contributed by atoms with E-state index in [1.165, 1.54) is 0 Å². The minimum absolute atomic E-state index is 0.247. The van der Waals surface area contributed by atoms with Gasteiger partial charge in [-0.2, -0.15) is 0 Å². The lowest BCUT2D eigenvalue weighted by Crippen LogP contribution is -2.26. The quantitative estimate of drug-likeness (QED) is 0.434. The number of benzene rings is 1. The molecule has 0 unspecified atom stereocenters. The van der Waals surface area contributed by atoms with Crippen LogP contribution in [-0.2, 0) is 0 Å². The maximum atomic E-state index is 11.4. The minimum Gasteiger partial charge on any atom is -0.286 e. The molecule has 0 aliphatic rings. The van der Waals surface area contributed by atoms with Crippen LogP contribution in [0.4, 0.5) is 0 Å². The van der Waals surface area contributed by atoms with Crippen molar-refractivity contribution in [2.24, 2.45) is 0 Å². The molecule has 3 nitrogen and oxygen atoms in total. The molecular formula is C11H10NO2. The van der Waals surface area contributed by atoms with Crippen LogP contribution < -0.4 is 0 Å². The van der Waals surface area contributed by atoms with Crippen molar-refractivity contribution in [1.29, 1.82) is 0 Å². The molecule has 0 spiro atoms. The van der Waals surface area contributed by atoms with E-state index < -0.39 is 5.91 Å².